The molecule has 1 nitrogen and oxygen atoms in total. The fourth-order valence-corrected chi connectivity index (χ4v) is 1.81. The third kappa shape index (κ3) is 3.85. The Bertz CT molecular complexity index is 506. The third-order valence-electron chi connectivity index (χ3n) is 2.71. The van der Waals surface area contributed by atoms with Crippen LogP contribution in [-0.2, 0) is 0 Å². The molecule has 0 aliphatic carbocycles. The van der Waals surface area contributed by atoms with Gasteiger partial charge < -0.3 is 4.74 Å². The first-order chi connectivity index (χ1) is 9.31. The molecule has 0 N–H and O–H groups in total. The molecule has 2 aromatic carbocycles. The Morgan fingerprint density at radius 1 is 0.632 bits per heavy atom. The van der Waals surface area contributed by atoms with E-state index in [9.17, 15) is 0 Å². The predicted octanol–water partition coefficient (Wildman–Crippen LogP) is 5.55. The highest BCUT2D eigenvalue weighted by Gasteiger charge is 1.97. The zero-order valence-electron chi connectivity index (χ0n) is 11.3. The topological polar surface area (TPSA) is 9.23 Å². The standard InChI is InChI=1S/C18H18O/c1-3-5-15-7-11-17(12-8-15)19-18-13-9-16(6-4-2)10-14-18/h3-14H,1-2H3/b5-3-,6-4-. The van der Waals surface area contributed by atoms with E-state index in [0.717, 1.165) is 11.5 Å². The van der Waals surface area contributed by atoms with Gasteiger partial charge in [-0.15, -0.1) is 0 Å². The van der Waals surface area contributed by atoms with E-state index in [-0.39, 0.29) is 0 Å². The zero-order chi connectivity index (χ0) is 13.5. The molecule has 0 aliphatic heterocycles. The van der Waals surface area contributed by atoms with Crippen LogP contribution in [0, 0.1) is 0 Å². The first-order valence-electron chi connectivity index (χ1n) is 6.45. The molecule has 0 unspecified atom stereocenters. The first-order valence-corrected chi connectivity index (χ1v) is 6.45. The van der Waals surface area contributed by atoms with Crippen LogP contribution in [-0.4, -0.2) is 0 Å². The molecule has 0 bridgehead atoms. The summed E-state index contributed by atoms with van der Waals surface area (Å²) < 4.78 is 5.80. The lowest BCUT2D eigenvalue weighted by molar-refractivity contribution is 0.482. The van der Waals surface area contributed by atoms with Gasteiger partial charge in [0.05, 0.1) is 0 Å². The Morgan fingerprint density at radius 3 is 1.32 bits per heavy atom. The summed E-state index contributed by atoms with van der Waals surface area (Å²) >= 11 is 0. The molecule has 0 heterocycles. The largest absolute Gasteiger partial charge is 0.457 e. The molecule has 0 atom stereocenters. The van der Waals surface area contributed by atoms with Crippen molar-refractivity contribution in [1.29, 1.82) is 0 Å². The molecule has 96 valence electrons. The minimum atomic E-state index is 0.854. The molecule has 2 aromatic rings. The van der Waals surface area contributed by atoms with Gasteiger partial charge in [0.15, 0.2) is 0 Å². The summed E-state index contributed by atoms with van der Waals surface area (Å²) in [5.41, 5.74) is 2.36. The van der Waals surface area contributed by atoms with E-state index < -0.39 is 0 Å². The van der Waals surface area contributed by atoms with Gasteiger partial charge in [-0.05, 0) is 49.2 Å². The van der Waals surface area contributed by atoms with Crippen molar-refractivity contribution in [2.24, 2.45) is 0 Å². The summed E-state index contributed by atoms with van der Waals surface area (Å²) in [6.45, 7) is 4.02. The van der Waals surface area contributed by atoms with Gasteiger partial charge in [-0.1, -0.05) is 48.6 Å². The minimum Gasteiger partial charge on any atom is -0.457 e. The minimum absolute atomic E-state index is 0.854. The van der Waals surface area contributed by atoms with E-state index in [0.29, 0.717) is 0 Å². The van der Waals surface area contributed by atoms with Crippen LogP contribution in [0.1, 0.15) is 25.0 Å². The summed E-state index contributed by atoms with van der Waals surface area (Å²) in [5, 5.41) is 0. The summed E-state index contributed by atoms with van der Waals surface area (Å²) in [4.78, 5) is 0. The Hall–Kier alpha value is -2.28. The van der Waals surface area contributed by atoms with Crippen molar-refractivity contribution in [2.75, 3.05) is 0 Å². The highest BCUT2D eigenvalue weighted by molar-refractivity contribution is 5.52. The van der Waals surface area contributed by atoms with Gasteiger partial charge in [0.1, 0.15) is 11.5 Å². The monoisotopic (exact) mass is 250 g/mol. The van der Waals surface area contributed by atoms with E-state index in [1.807, 2.05) is 74.5 Å². The van der Waals surface area contributed by atoms with Crippen molar-refractivity contribution in [3.05, 3.63) is 71.8 Å². The maximum Gasteiger partial charge on any atom is 0.127 e. The van der Waals surface area contributed by atoms with Crippen molar-refractivity contribution < 1.29 is 4.74 Å². The lowest BCUT2D eigenvalue weighted by atomic mass is 10.2. The first kappa shape index (κ1) is 13.2. The molecule has 0 saturated heterocycles. The second-order valence-electron chi connectivity index (χ2n) is 4.24. The molecule has 0 amide bonds. The highest BCUT2D eigenvalue weighted by Crippen LogP contribution is 2.22. The average molecular weight is 250 g/mol. The van der Waals surface area contributed by atoms with Gasteiger partial charge in [-0.3, -0.25) is 0 Å². The van der Waals surface area contributed by atoms with E-state index in [1.165, 1.54) is 11.1 Å². The van der Waals surface area contributed by atoms with E-state index >= 15 is 0 Å². The number of allylic oxidation sites excluding steroid dienone is 2. The third-order valence-corrected chi connectivity index (χ3v) is 2.71. The molecule has 0 aliphatic rings. The van der Waals surface area contributed by atoms with Gasteiger partial charge in [0, 0.05) is 0 Å². The summed E-state index contributed by atoms with van der Waals surface area (Å²) in [7, 11) is 0. The molecule has 0 spiro atoms. The van der Waals surface area contributed by atoms with Crippen molar-refractivity contribution in [1.82, 2.24) is 0 Å². The quantitative estimate of drug-likeness (QED) is 0.691. The van der Waals surface area contributed by atoms with Crippen LogP contribution in [0.2, 0.25) is 0 Å². The van der Waals surface area contributed by atoms with E-state index in [1.54, 1.807) is 0 Å². The average Bonchev–Trinajstić information content (AvgIpc) is 2.44. The Kier molecular flexibility index (Phi) is 4.57. The van der Waals surface area contributed by atoms with Crippen molar-refractivity contribution in [2.45, 2.75) is 13.8 Å². The fraction of sp³-hybridized carbons (Fsp3) is 0.111. The molecular weight excluding hydrogens is 232 g/mol. The molecule has 2 rings (SSSR count). The Balaban J connectivity index is 2.07. The van der Waals surface area contributed by atoms with Crippen molar-refractivity contribution in [3.8, 4) is 11.5 Å². The smallest absolute Gasteiger partial charge is 0.127 e. The van der Waals surface area contributed by atoms with Gasteiger partial charge >= 0.3 is 0 Å². The number of hydrogen-bond acceptors (Lipinski definition) is 1. The summed E-state index contributed by atoms with van der Waals surface area (Å²) in [5.74, 6) is 1.71. The highest BCUT2D eigenvalue weighted by atomic mass is 16.5. The Morgan fingerprint density at radius 2 is 1.00 bits per heavy atom. The van der Waals surface area contributed by atoms with Crippen LogP contribution >= 0.6 is 0 Å². The lowest BCUT2D eigenvalue weighted by Crippen LogP contribution is -1.84. The molecule has 0 aromatic heterocycles. The van der Waals surface area contributed by atoms with E-state index in [4.69, 9.17) is 4.74 Å². The van der Waals surface area contributed by atoms with Crippen LogP contribution in [0.5, 0.6) is 11.5 Å². The fourth-order valence-electron chi connectivity index (χ4n) is 1.81. The molecule has 0 saturated carbocycles. The van der Waals surface area contributed by atoms with Crippen LogP contribution in [0.4, 0.5) is 0 Å². The normalized spacial score (nSPS) is 11.3. The van der Waals surface area contributed by atoms with Gasteiger partial charge in [0.25, 0.3) is 0 Å². The Labute approximate surface area is 114 Å². The number of rotatable bonds is 4. The second-order valence-corrected chi connectivity index (χ2v) is 4.24. The maximum atomic E-state index is 5.80. The molecule has 0 radical (unpaired) electrons. The number of benzene rings is 2. The van der Waals surface area contributed by atoms with E-state index in [2.05, 4.69) is 12.2 Å². The molecule has 1 heteroatoms. The molecule has 19 heavy (non-hydrogen) atoms. The molecular formula is C18H18O. The van der Waals surface area contributed by atoms with Gasteiger partial charge in [0.2, 0.25) is 0 Å². The van der Waals surface area contributed by atoms with Crippen molar-refractivity contribution in [3.63, 3.8) is 0 Å². The van der Waals surface area contributed by atoms with Gasteiger partial charge in [-0.25, -0.2) is 0 Å². The van der Waals surface area contributed by atoms with Crippen LogP contribution < -0.4 is 4.74 Å². The second kappa shape index (κ2) is 6.60. The zero-order valence-corrected chi connectivity index (χ0v) is 11.3. The van der Waals surface area contributed by atoms with Crippen molar-refractivity contribution >= 4 is 12.2 Å². The van der Waals surface area contributed by atoms with Crippen LogP contribution in [0.3, 0.4) is 0 Å². The number of hydrogen-bond donors (Lipinski definition) is 0. The van der Waals surface area contributed by atoms with Gasteiger partial charge in [-0.2, -0.15) is 0 Å². The SMILES string of the molecule is C/C=C\c1ccc(Oc2ccc(/C=C\C)cc2)cc1. The predicted molar refractivity (Wildman–Crippen MR) is 82.4 cm³/mol. The summed E-state index contributed by atoms with van der Waals surface area (Å²) in [6.07, 6.45) is 8.18. The number of ether oxygens (including phenoxy) is 1. The lowest BCUT2D eigenvalue weighted by Gasteiger charge is -2.06. The van der Waals surface area contributed by atoms with Crippen LogP contribution in [0.25, 0.3) is 12.2 Å². The van der Waals surface area contributed by atoms with Crippen LogP contribution in [0.15, 0.2) is 60.7 Å². The molecule has 0 fully saturated rings. The summed E-state index contributed by atoms with van der Waals surface area (Å²) in [6, 6.07) is 16.1. The maximum absolute atomic E-state index is 5.80.